The van der Waals surface area contributed by atoms with Crippen molar-refractivity contribution in [3.8, 4) is 0 Å². The Kier molecular flexibility index (Phi) is 8.32. The number of hydrogen-bond acceptors (Lipinski definition) is 16. The molecule has 46 heavy (non-hydrogen) atoms. The number of nitrogens with one attached hydrogen (secondary N) is 1. The van der Waals surface area contributed by atoms with Crippen LogP contribution in [0, 0.1) is 5.92 Å². The van der Waals surface area contributed by atoms with Crippen LogP contribution in [0.15, 0.2) is 23.8 Å². The number of anilines is 2. The Labute approximate surface area is 267 Å². The molecule has 2 unspecified atom stereocenters. The minimum Gasteiger partial charge on any atom is -0.386 e. The highest BCUT2D eigenvalue weighted by Crippen LogP contribution is 2.60. The smallest absolute Gasteiger partial charge is 0.386 e. The maximum absolute atomic E-state index is 13.8. The molecule has 22 heteroatoms. The largest absolute Gasteiger partial charge is 0.386 e. The van der Waals surface area contributed by atoms with Gasteiger partial charge >= 0.3 is 6.80 Å². The molecule has 6 N–H and O–H groups in total. The lowest BCUT2D eigenvalue weighted by atomic mass is 9.87. The summed E-state index contributed by atoms with van der Waals surface area (Å²) in [6, 6.07) is 0. The highest BCUT2D eigenvalue weighted by molar-refractivity contribution is 8.44. The summed E-state index contributed by atoms with van der Waals surface area (Å²) in [5, 5.41) is 11.3. The lowest BCUT2D eigenvalue weighted by Gasteiger charge is -2.35. The van der Waals surface area contributed by atoms with Crippen LogP contribution >= 0.6 is 28.1 Å². The summed E-state index contributed by atoms with van der Waals surface area (Å²) in [7, 11) is -0.566. The molecule has 0 bridgehead atoms. The average molecular weight is 699 g/mol. The molecule has 0 amide bonds. The van der Waals surface area contributed by atoms with E-state index in [4.69, 9.17) is 39.0 Å². The van der Waals surface area contributed by atoms with Crippen LogP contribution in [0.4, 0.5) is 11.8 Å². The number of imidazole rings is 2. The van der Waals surface area contributed by atoms with Crippen LogP contribution in [-0.4, -0.2) is 87.4 Å². The summed E-state index contributed by atoms with van der Waals surface area (Å²) in [5.41, 5.74) is 11.1. The number of aliphatic hydroxyl groups excluding tert-OH is 1. The third-order valence-electron chi connectivity index (χ3n) is 8.60. The van der Waals surface area contributed by atoms with Crippen molar-refractivity contribution in [3.05, 3.63) is 29.3 Å². The van der Waals surface area contributed by atoms with Crippen molar-refractivity contribution in [2.45, 2.75) is 69.2 Å². The third-order valence-corrected chi connectivity index (χ3v) is 10.8. The molecule has 0 spiro atoms. The zero-order valence-corrected chi connectivity index (χ0v) is 27.3. The van der Waals surface area contributed by atoms with Gasteiger partial charge in [0.05, 0.1) is 25.9 Å². The van der Waals surface area contributed by atoms with Gasteiger partial charge < -0.3 is 35.1 Å². The van der Waals surface area contributed by atoms with Crippen molar-refractivity contribution in [2.75, 3.05) is 24.7 Å². The first-order valence-electron chi connectivity index (χ1n) is 14.4. The molecule has 7 rings (SSSR count). The van der Waals surface area contributed by atoms with Crippen molar-refractivity contribution in [3.63, 3.8) is 0 Å². The second-order valence-electron chi connectivity index (χ2n) is 11.2. The maximum Gasteiger partial charge on any atom is 0.386 e. The quantitative estimate of drug-likeness (QED) is 0.149. The molecular weight excluding hydrogens is 666 g/mol. The van der Waals surface area contributed by atoms with Gasteiger partial charge in [-0.25, -0.2) is 24.5 Å². The molecular formula is C24H32N10O9P2S. The summed E-state index contributed by atoms with van der Waals surface area (Å²) < 4.78 is 53.8. The molecule has 3 fully saturated rings. The molecule has 248 valence electrons. The van der Waals surface area contributed by atoms with E-state index in [0.717, 1.165) is 0 Å². The van der Waals surface area contributed by atoms with Crippen LogP contribution in [-0.2, 0) is 32.1 Å². The first-order valence-corrected chi connectivity index (χ1v) is 17.9. The van der Waals surface area contributed by atoms with E-state index in [2.05, 4.69) is 42.2 Å². The maximum atomic E-state index is 13.8. The van der Waals surface area contributed by atoms with Crippen molar-refractivity contribution >= 4 is 62.2 Å². The zero-order valence-electron chi connectivity index (χ0n) is 24.5. The van der Waals surface area contributed by atoms with Crippen LogP contribution in [0.25, 0.3) is 22.3 Å². The Morgan fingerprint density at radius 2 is 1.91 bits per heavy atom. The lowest BCUT2D eigenvalue weighted by molar-refractivity contribution is -0.122. The average Bonchev–Trinajstić information content (AvgIpc) is 3.77. The number of nitrogens with two attached hydrogens (primary N) is 2. The van der Waals surface area contributed by atoms with Gasteiger partial charge in [-0.2, -0.15) is 4.98 Å². The number of aliphatic hydroxyl groups is 1. The number of hydrogen-bond donors (Lipinski definition) is 5. The summed E-state index contributed by atoms with van der Waals surface area (Å²) in [5.74, 6) is -0.275. The number of H-pyrrole nitrogens is 1. The van der Waals surface area contributed by atoms with E-state index < -0.39 is 63.9 Å². The van der Waals surface area contributed by atoms with Crippen molar-refractivity contribution < 1.29 is 37.2 Å². The van der Waals surface area contributed by atoms with Gasteiger partial charge in [-0.1, -0.05) is 26.1 Å². The highest BCUT2D eigenvalue weighted by Gasteiger charge is 2.58. The second-order valence-corrected chi connectivity index (χ2v) is 14.7. The number of nitrogen functional groups attached to an aromatic ring is 2. The standard InChI is InChI=1S/C24H32N10O9P2S/c1-3-10-16-24(4-2,41-21(10)33-8-29-12-17(25)27-7-28-18(12)33)6-38-44-42-15-11(5-39-45(37,46)43-16)40-22(14(15)35)34-9-30-13-19(34)31-23(26)32-20(13)36/h7-11,14-16,21-22,35,44H,3-6H2,1-2H3,(H,37,46)(H2,25,27,28)(H3,26,31,32,36)/t10-,11-,14-,15-,16+,21-,22-,24-,45?/m1/s1. The summed E-state index contributed by atoms with van der Waals surface area (Å²) in [6.07, 6.45) is -0.662. The Morgan fingerprint density at radius 1 is 1.15 bits per heavy atom. The minimum atomic E-state index is -4.09. The van der Waals surface area contributed by atoms with Crippen molar-refractivity contribution in [1.29, 1.82) is 0 Å². The van der Waals surface area contributed by atoms with Crippen LogP contribution in [0.3, 0.4) is 0 Å². The fourth-order valence-corrected chi connectivity index (χ4v) is 8.60. The summed E-state index contributed by atoms with van der Waals surface area (Å²) in [4.78, 5) is 35.7. The van der Waals surface area contributed by atoms with Gasteiger partial charge in [0.25, 0.3) is 5.56 Å². The van der Waals surface area contributed by atoms with Crippen LogP contribution in [0.2, 0.25) is 0 Å². The lowest BCUT2D eigenvalue weighted by Crippen LogP contribution is -2.46. The number of thiol groups is 1. The van der Waals surface area contributed by atoms with Gasteiger partial charge in [0.15, 0.2) is 37.9 Å². The molecule has 10 atom stereocenters. The van der Waals surface area contributed by atoms with E-state index in [9.17, 15) is 14.5 Å². The molecule has 19 nitrogen and oxygen atoms in total. The number of nitrogens with zero attached hydrogens (tertiary/aromatic N) is 7. The van der Waals surface area contributed by atoms with Crippen molar-refractivity contribution in [1.82, 2.24) is 39.0 Å². The molecule has 4 aromatic rings. The van der Waals surface area contributed by atoms with Crippen LogP contribution in [0.5, 0.6) is 0 Å². The normalized spacial score (nSPS) is 36.0. The number of rotatable bonds is 4. The molecule has 0 aliphatic carbocycles. The number of fused-ring (bicyclic) bond motifs is 4. The number of ether oxygens (including phenoxy) is 2. The van der Waals surface area contributed by atoms with E-state index in [1.54, 1.807) is 10.9 Å². The van der Waals surface area contributed by atoms with Gasteiger partial charge in [-0.05, 0) is 12.8 Å². The number of aromatic nitrogens is 8. The first-order chi connectivity index (χ1) is 22.1. The summed E-state index contributed by atoms with van der Waals surface area (Å²) in [6.45, 7) is -0.589. The fraction of sp³-hybridized carbons (Fsp3) is 0.583. The van der Waals surface area contributed by atoms with Gasteiger partial charge in [-0.3, -0.25) is 28.0 Å². The van der Waals surface area contributed by atoms with Crippen LogP contribution in [0.1, 0.15) is 39.1 Å². The Bertz CT molecular complexity index is 1880. The topological polar surface area (TPSA) is 252 Å². The molecule has 0 saturated carbocycles. The van der Waals surface area contributed by atoms with Crippen molar-refractivity contribution in [2.24, 2.45) is 5.92 Å². The SMILES string of the molecule is CC[C@H]1[C@H](n2cnc3c(N)ncnc32)O[C@]2(CC)COPO[C@H]3[C@@H](O)[C@H](n4cnc5c(=O)[nH]c(N)nc54)O[C@@H]3COP(=O)(S)O[C@@H]12. The highest BCUT2D eigenvalue weighted by atomic mass is 32.7. The van der Waals surface area contributed by atoms with E-state index >= 15 is 0 Å². The van der Waals surface area contributed by atoms with Crippen LogP contribution < -0.4 is 17.0 Å². The first kappa shape index (κ1) is 31.8. The van der Waals surface area contributed by atoms with Gasteiger partial charge in [0.1, 0.15) is 48.1 Å². The predicted octanol–water partition coefficient (Wildman–Crippen LogP) is 1.45. The monoisotopic (exact) mass is 698 g/mol. The number of aromatic amines is 1. The van der Waals surface area contributed by atoms with Gasteiger partial charge in [-0.15, -0.1) is 0 Å². The molecule has 0 radical (unpaired) electrons. The Balaban J connectivity index is 1.18. The summed E-state index contributed by atoms with van der Waals surface area (Å²) >= 11 is 4.32. The molecule has 0 aromatic carbocycles. The van der Waals surface area contributed by atoms with E-state index in [1.165, 1.54) is 17.2 Å². The fourth-order valence-electron chi connectivity index (χ4n) is 6.29. The third kappa shape index (κ3) is 5.30. The molecule has 3 aliphatic heterocycles. The molecule has 3 aliphatic rings. The van der Waals surface area contributed by atoms with E-state index in [1.807, 2.05) is 13.8 Å². The van der Waals surface area contributed by atoms with Gasteiger partial charge in [0.2, 0.25) is 5.95 Å². The minimum absolute atomic E-state index is 0.00585. The zero-order chi connectivity index (χ0) is 32.4. The molecule has 7 heterocycles. The molecule has 3 saturated heterocycles. The van der Waals surface area contributed by atoms with E-state index in [-0.39, 0.29) is 42.1 Å². The predicted molar refractivity (Wildman–Crippen MR) is 166 cm³/mol. The second kappa shape index (κ2) is 12.0. The Hall–Kier alpha value is -2.77. The molecule has 4 aromatic heterocycles. The van der Waals surface area contributed by atoms with E-state index in [0.29, 0.717) is 24.0 Å². The van der Waals surface area contributed by atoms with Gasteiger partial charge in [0, 0.05) is 5.92 Å². The Morgan fingerprint density at radius 3 is 2.67 bits per heavy atom.